The van der Waals surface area contributed by atoms with Gasteiger partial charge in [-0.25, -0.2) is 0 Å². The molecule has 0 aromatic rings. The van der Waals surface area contributed by atoms with E-state index in [1.54, 1.807) is 0 Å². The van der Waals surface area contributed by atoms with Gasteiger partial charge in [-0.1, -0.05) is 13.3 Å². The normalized spacial score (nSPS) is 15.4. The van der Waals surface area contributed by atoms with E-state index in [1.165, 1.54) is 6.42 Å². The van der Waals surface area contributed by atoms with Crippen molar-refractivity contribution in [2.75, 3.05) is 19.8 Å². The van der Waals surface area contributed by atoms with Crippen molar-refractivity contribution >= 4 is 0 Å². The summed E-state index contributed by atoms with van der Waals surface area (Å²) in [6.45, 7) is 13.9. The van der Waals surface area contributed by atoms with E-state index >= 15 is 0 Å². The lowest BCUT2D eigenvalue weighted by Gasteiger charge is -2.18. The predicted octanol–water partition coefficient (Wildman–Crippen LogP) is 2.84. The van der Waals surface area contributed by atoms with E-state index in [4.69, 9.17) is 14.2 Å². The van der Waals surface area contributed by atoms with Crippen LogP contribution in [0, 0.1) is 6.92 Å². The molecule has 3 unspecified atom stereocenters. The smallest absolute Gasteiger partial charge is 0.0784 e. The van der Waals surface area contributed by atoms with Crippen LogP contribution in [-0.4, -0.2) is 38.1 Å². The van der Waals surface area contributed by atoms with Gasteiger partial charge >= 0.3 is 0 Å². The molecular formula is C13H27O3. The molecule has 3 atom stereocenters. The second kappa shape index (κ2) is 10.1. The summed E-state index contributed by atoms with van der Waals surface area (Å²) in [5, 5.41) is 0. The lowest BCUT2D eigenvalue weighted by atomic mass is 10.3. The minimum Gasteiger partial charge on any atom is -0.376 e. The van der Waals surface area contributed by atoms with Gasteiger partial charge in [-0.2, -0.15) is 0 Å². The number of unbranched alkanes of at least 4 members (excludes halogenated alkanes) is 1. The molecule has 1 radical (unpaired) electrons. The molecule has 3 nitrogen and oxygen atoms in total. The molecule has 0 saturated heterocycles. The Kier molecular flexibility index (Phi) is 9.99. The monoisotopic (exact) mass is 231 g/mol. The van der Waals surface area contributed by atoms with Crippen molar-refractivity contribution in [2.24, 2.45) is 0 Å². The van der Waals surface area contributed by atoms with E-state index in [-0.39, 0.29) is 18.3 Å². The van der Waals surface area contributed by atoms with E-state index in [9.17, 15) is 0 Å². The first-order valence-electron chi connectivity index (χ1n) is 6.24. The van der Waals surface area contributed by atoms with Crippen molar-refractivity contribution in [3.8, 4) is 0 Å². The Morgan fingerprint density at radius 2 is 1.69 bits per heavy atom. The van der Waals surface area contributed by atoms with Crippen molar-refractivity contribution in [1.82, 2.24) is 0 Å². The minimum atomic E-state index is 0.0110. The highest BCUT2D eigenvalue weighted by Crippen LogP contribution is 2.00. The summed E-state index contributed by atoms with van der Waals surface area (Å²) in [5.74, 6) is 0. The molecule has 0 aromatic carbocycles. The molecule has 0 aliphatic heterocycles. The topological polar surface area (TPSA) is 27.7 Å². The Morgan fingerprint density at radius 1 is 1.06 bits per heavy atom. The summed E-state index contributed by atoms with van der Waals surface area (Å²) >= 11 is 0. The number of hydrogen-bond acceptors (Lipinski definition) is 3. The molecule has 0 aliphatic carbocycles. The Balaban J connectivity index is 3.35. The second-order valence-electron chi connectivity index (χ2n) is 4.33. The third-order valence-corrected chi connectivity index (χ3v) is 2.07. The van der Waals surface area contributed by atoms with Crippen LogP contribution >= 0.6 is 0 Å². The van der Waals surface area contributed by atoms with Crippen LogP contribution in [0.4, 0.5) is 0 Å². The van der Waals surface area contributed by atoms with Crippen LogP contribution in [0.3, 0.4) is 0 Å². The van der Waals surface area contributed by atoms with E-state index in [0.29, 0.717) is 13.2 Å². The zero-order chi connectivity index (χ0) is 12.4. The van der Waals surface area contributed by atoms with Gasteiger partial charge < -0.3 is 14.2 Å². The summed E-state index contributed by atoms with van der Waals surface area (Å²) in [4.78, 5) is 0. The van der Waals surface area contributed by atoms with Gasteiger partial charge in [0.25, 0.3) is 0 Å². The standard InChI is InChI=1S/C13H27O3/c1-6-7-8-15-12(4)9-14-10-13(5)16-11(2)3/h11-13H,2,6-10H2,1,3-5H3. The van der Waals surface area contributed by atoms with Crippen molar-refractivity contribution in [3.63, 3.8) is 0 Å². The third kappa shape index (κ3) is 10.4. The summed E-state index contributed by atoms with van der Waals surface area (Å²) in [6, 6.07) is 0. The van der Waals surface area contributed by atoms with Gasteiger partial charge in [-0.3, -0.25) is 0 Å². The minimum absolute atomic E-state index is 0.0110. The van der Waals surface area contributed by atoms with Crippen molar-refractivity contribution < 1.29 is 14.2 Å². The van der Waals surface area contributed by atoms with E-state index in [0.717, 1.165) is 13.0 Å². The first-order valence-corrected chi connectivity index (χ1v) is 6.24. The quantitative estimate of drug-likeness (QED) is 0.541. The maximum atomic E-state index is 5.57. The lowest BCUT2D eigenvalue weighted by molar-refractivity contribution is -0.0568. The molecule has 3 heteroatoms. The van der Waals surface area contributed by atoms with Gasteiger partial charge in [0.05, 0.1) is 31.5 Å². The molecule has 0 heterocycles. The van der Waals surface area contributed by atoms with Crippen LogP contribution in [0.2, 0.25) is 0 Å². The number of ether oxygens (including phenoxy) is 3. The zero-order valence-electron chi connectivity index (χ0n) is 11.2. The van der Waals surface area contributed by atoms with Gasteiger partial charge in [0, 0.05) is 6.61 Å². The Morgan fingerprint density at radius 3 is 2.25 bits per heavy atom. The van der Waals surface area contributed by atoms with Gasteiger partial charge in [0.1, 0.15) is 0 Å². The zero-order valence-corrected chi connectivity index (χ0v) is 11.2. The maximum Gasteiger partial charge on any atom is 0.0784 e. The van der Waals surface area contributed by atoms with Crippen molar-refractivity contribution in [3.05, 3.63) is 6.92 Å². The molecule has 97 valence electrons. The first kappa shape index (κ1) is 15.9. The highest BCUT2D eigenvalue weighted by Gasteiger charge is 2.07. The molecule has 0 saturated carbocycles. The van der Waals surface area contributed by atoms with Crippen LogP contribution in [-0.2, 0) is 14.2 Å². The van der Waals surface area contributed by atoms with Crippen LogP contribution in [0.15, 0.2) is 0 Å². The average molecular weight is 231 g/mol. The Hall–Kier alpha value is -0.120. The number of rotatable bonds is 10. The van der Waals surface area contributed by atoms with Gasteiger partial charge in [-0.05, 0) is 34.1 Å². The summed E-state index contributed by atoms with van der Waals surface area (Å²) in [7, 11) is 0. The molecule has 0 N–H and O–H groups in total. The Bertz CT molecular complexity index is 148. The first-order chi connectivity index (χ1) is 7.56. The molecule has 0 rings (SSSR count). The molecule has 0 fully saturated rings. The molecule has 0 aromatic heterocycles. The molecule has 0 aliphatic rings. The molecule has 16 heavy (non-hydrogen) atoms. The SMILES string of the molecule is [CH2]C(C)OC(C)COCC(C)OCCCC. The Labute approximate surface area is 100 Å². The highest BCUT2D eigenvalue weighted by molar-refractivity contribution is 4.56. The fraction of sp³-hybridized carbons (Fsp3) is 0.923. The highest BCUT2D eigenvalue weighted by atomic mass is 16.6. The van der Waals surface area contributed by atoms with Crippen molar-refractivity contribution in [1.29, 1.82) is 0 Å². The average Bonchev–Trinajstić information content (AvgIpc) is 2.17. The van der Waals surface area contributed by atoms with Crippen LogP contribution in [0.25, 0.3) is 0 Å². The van der Waals surface area contributed by atoms with Crippen LogP contribution in [0.1, 0.15) is 40.5 Å². The largest absolute Gasteiger partial charge is 0.376 e. The van der Waals surface area contributed by atoms with E-state index < -0.39 is 0 Å². The van der Waals surface area contributed by atoms with E-state index in [2.05, 4.69) is 13.8 Å². The second-order valence-corrected chi connectivity index (χ2v) is 4.33. The van der Waals surface area contributed by atoms with Crippen LogP contribution < -0.4 is 0 Å². The van der Waals surface area contributed by atoms with Gasteiger partial charge in [0.15, 0.2) is 0 Å². The van der Waals surface area contributed by atoms with Gasteiger partial charge in [0.2, 0.25) is 0 Å². The molecule has 0 bridgehead atoms. The maximum absolute atomic E-state index is 5.57. The van der Waals surface area contributed by atoms with Gasteiger partial charge in [-0.15, -0.1) is 0 Å². The fourth-order valence-corrected chi connectivity index (χ4v) is 1.31. The van der Waals surface area contributed by atoms with Crippen LogP contribution in [0.5, 0.6) is 0 Å². The predicted molar refractivity (Wildman–Crippen MR) is 66.5 cm³/mol. The van der Waals surface area contributed by atoms with E-state index in [1.807, 2.05) is 20.8 Å². The molecule has 0 amide bonds. The van der Waals surface area contributed by atoms with Crippen molar-refractivity contribution in [2.45, 2.75) is 58.8 Å². The summed E-state index contributed by atoms with van der Waals surface area (Å²) in [6.07, 6.45) is 2.55. The number of hydrogen-bond donors (Lipinski definition) is 0. The summed E-state index contributed by atoms with van der Waals surface area (Å²) < 4.78 is 16.5. The lowest BCUT2D eigenvalue weighted by Crippen LogP contribution is -2.24. The molecular weight excluding hydrogens is 204 g/mol. The fourth-order valence-electron chi connectivity index (χ4n) is 1.31. The third-order valence-electron chi connectivity index (χ3n) is 2.07. The summed E-state index contributed by atoms with van der Waals surface area (Å²) in [5.41, 5.74) is 0. The molecule has 0 spiro atoms.